The minimum Gasteiger partial charge on any atom is -0.383 e. The van der Waals surface area contributed by atoms with Gasteiger partial charge in [0.05, 0.1) is 12.2 Å². The molecule has 0 amide bonds. The molecule has 2 N–H and O–H groups in total. The first kappa shape index (κ1) is 12.0. The number of nitrogen functional groups attached to an aromatic ring is 1. The molecule has 0 atom stereocenters. The fourth-order valence-corrected chi connectivity index (χ4v) is 2.05. The van der Waals surface area contributed by atoms with Crippen LogP contribution in [0.3, 0.4) is 0 Å². The highest BCUT2D eigenvalue weighted by Crippen LogP contribution is 2.23. The number of benzene rings is 1. The predicted molar refractivity (Wildman–Crippen MR) is 71.3 cm³/mol. The smallest absolute Gasteiger partial charge is 0.141 e. The third-order valence-corrected chi connectivity index (χ3v) is 3.38. The van der Waals surface area contributed by atoms with Gasteiger partial charge in [-0.2, -0.15) is 5.10 Å². The fourth-order valence-electron chi connectivity index (χ4n) is 1.92. The Morgan fingerprint density at radius 1 is 1.29 bits per heavy atom. The number of anilines is 1. The van der Waals surface area contributed by atoms with Crippen molar-refractivity contribution in [3.8, 4) is 0 Å². The molecule has 2 aromatic rings. The van der Waals surface area contributed by atoms with Gasteiger partial charge < -0.3 is 5.73 Å². The molecule has 90 valence electrons. The molecule has 0 fully saturated rings. The van der Waals surface area contributed by atoms with Crippen LogP contribution in [0.4, 0.5) is 5.82 Å². The van der Waals surface area contributed by atoms with Crippen LogP contribution in [0.1, 0.15) is 23.7 Å². The summed E-state index contributed by atoms with van der Waals surface area (Å²) in [6.07, 6.45) is 1.00. The number of hydrogen-bond donors (Lipinski definition) is 1. The van der Waals surface area contributed by atoms with Crippen molar-refractivity contribution in [2.45, 2.75) is 26.8 Å². The van der Waals surface area contributed by atoms with Gasteiger partial charge in [-0.3, -0.25) is 0 Å². The molecule has 17 heavy (non-hydrogen) atoms. The lowest BCUT2D eigenvalue weighted by atomic mass is 10.1. The summed E-state index contributed by atoms with van der Waals surface area (Å²) in [5.41, 5.74) is 9.24. The SMILES string of the molecule is CCc1ccccc1Cn1nc(C)c(Cl)c1N. The van der Waals surface area contributed by atoms with Gasteiger partial charge in [-0.25, -0.2) is 4.68 Å². The fraction of sp³-hybridized carbons (Fsp3) is 0.308. The van der Waals surface area contributed by atoms with Crippen LogP contribution < -0.4 is 5.73 Å². The third kappa shape index (κ3) is 2.29. The largest absolute Gasteiger partial charge is 0.383 e. The van der Waals surface area contributed by atoms with E-state index in [0.29, 0.717) is 17.4 Å². The van der Waals surface area contributed by atoms with Gasteiger partial charge in [-0.05, 0) is 24.5 Å². The van der Waals surface area contributed by atoms with E-state index in [0.717, 1.165) is 12.1 Å². The van der Waals surface area contributed by atoms with Gasteiger partial charge >= 0.3 is 0 Å². The van der Waals surface area contributed by atoms with Crippen LogP contribution in [0.2, 0.25) is 5.02 Å². The average Bonchev–Trinajstić information content (AvgIpc) is 2.58. The van der Waals surface area contributed by atoms with Crippen molar-refractivity contribution in [2.24, 2.45) is 0 Å². The lowest BCUT2D eigenvalue weighted by molar-refractivity contribution is 0.684. The first-order chi connectivity index (χ1) is 8.13. The number of hydrogen-bond acceptors (Lipinski definition) is 2. The van der Waals surface area contributed by atoms with E-state index in [1.807, 2.05) is 19.1 Å². The second kappa shape index (κ2) is 4.80. The van der Waals surface area contributed by atoms with Crippen LogP contribution in [-0.2, 0) is 13.0 Å². The molecular weight excluding hydrogens is 234 g/mol. The summed E-state index contributed by atoms with van der Waals surface area (Å²) < 4.78 is 1.76. The first-order valence-electron chi connectivity index (χ1n) is 5.68. The summed E-state index contributed by atoms with van der Waals surface area (Å²) in [4.78, 5) is 0. The summed E-state index contributed by atoms with van der Waals surface area (Å²) in [5, 5.41) is 4.89. The monoisotopic (exact) mass is 249 g/mol. The summed E-state index contributed by atoms with van der Waals surface area (Å²) in [7, 11) is 0. The zero-order chi connectivity index (χ0) is 12.4. The zero-order valence-corrected chi connectivity index (χ0v) is 10.8. The van der Waals surface area contributed by atoms with E-state index >= 15 is 0 Å². The third-order valence-electron chi connectivity index (χ3n) is 2.91. The Hall–Kier alpha value is -1.48. The minimum atomic E-state index is 0.537. The van der Waals surface area contributed by atoms with Gasteiger partial charge in [0.15, 0.2) is 0 Å². The van der Waals surface area contributed by atoms with Crippen LogP contribution in [-0.4, -0.2) is 9.78 Å². The molecule has 0 saturated carbocycles. The number of aryl methyl sites for hydroxylation is 2. The number of aromatic nitrogens is 2. The molecule has 0 unspecified atom stereocenters. The van der Waals surface area contributed by atoms with E-state index in [1.165, 1.54) is 11.1 Å². The molecule has 0 radical (unpaired) electrons. The average molecular weight is 250 g/mol. The van der Waals surface area contributed by atoms with E-state index in [-0.39, 0.29) is 0 Å². The van der Waals surface area contributed by atoms with Crippen LogP contribution in [0.25, 0.3) is 0 Å². The van der Waals surface area contributed by atoms with Crippen molar-refractivity contribution in [3.63, 3.8) is 0 Å². The number of rotatable bonds is 3. The van der Waals surface area contributed by atoms with Crippen molar-refractivity contribution in [1.29, 1.82) is 0 Å². The molecule has 0 spiro atoms. The minimum absolute atomic E-state index is 0.537. The van der Waals surface area contributed by atoms with Gasteiger partial charge in [0, 0.05) is 0 Å². The second-order valence-electron chi connectivity index (χ2n) is 4.06. The molecule has 0 aliphatic heterocycles. The summed E-state index contributed by atoms with van der Waals surface area (Å²) >= 11 is 6.03. The molecule has 1 aromatic heterocycles. The number of nitrogens with zero attached hydrogens (tertiary/aromatic N) is 2. The number of halogens is 1. The number of nitrogens with two attached hydrogens (primary N) is 1. The van der Waals surface area contributed by atoms with E-state index in [9.17, 15) is 0 Å². The Labute approximate surface area is 106 Å². The normalized spacial score (nSPS) is 10.8. The van der Waals surface area contributed by atoms with Crippen molar-refractivity contribution in [2.75, 3.05) is 5.73 Å². The Balaban J connectivity index is 2.34. The maximum atomic E-state index is 6.03. The zero-order valence-electron chi connectivity index (χ0n) is 10.1. The lowest BCUT2D eigenvalue weighted by Gasteiger charge is -2.08. The Bertz CT molecular complexity index is 531. The highest BCUT2D eigenvalue weighted by atomic mass is 35.5. The molecule has 0 aliphatic rings. The lowest BCUT2D eigenvalue weighted by Crippen LogP contribution is -2.07. The highest BCUT2D eigenvalue weighted by Gasteiger charge is 2.11. The molecular formula is C13H16ClN3. The molecule has 0 saturated heterocycles. The van der Waals surface area contributed by atoms with Crippen molar-refractivity contribution >= 4 is 17.4 Å². The van der Waals surface area contributed by atoms with Crippen LogP contribution in [0.15, 0.2) is 24.3 Å². The van der Waals surface area contributed by atoms with Crippen LogP contribution in [0.5, 0.6) is 0 Å². The molecule has 1 aromatic carbocycles. The quantitative estimate of drug-likeness (QED) is 0.909. The Morgan fingerprint density at radius 3 is 2.47 bits per heavy atom. The standard InChI is InChI=1S/C13H16ClN3/c1-3-10-6-4-5-7-11(10)8-17-13(15)12(14)9(2)16-17/h4-7H,3,8,15H2,1-2H3. The molecule has 0 bridgehead atoms. The first-order valence-corrected chi connectivity index (χ1v) is 6.06. The van der Waals surface area contributed by atoms with Crippen LogP contribution in [0, 0.1) is 6.92 Å². The van der Waals surface area contributed by atoms with Crippen molar-refractivity contribution < 1.29 is 0 Å². The van der Waals surface area contributed by atoms with Gasteiger partial charge in [0.2, 0.25) is 0 Å². The van der Waals surface area contributed by atoms with Crippen molar-refractivity contribution in [3.05, 3.63) is 46.1 Å². The predicted octanol–water partition coefficient (Wildman–Crippen LogP) is 3.04. The molecule has 4 heteroatoms. The topological polar surface area (TPSA) is 43.8 Å². The van der Waals surface area contributed by atoms with E-state index in [1.54, 1.807) is 4.68 Å². The second-order valence-corrected chi connectivity index (χ2v) is 4.44. The Kier molecular flexibility index (Phi) is 3.38. The summed E-state index contributed by atoms with van der Waals surface area (Å²) in [6.45, 7) is 4.67. The molecule has 3 nitrogen and oxygen atoms in total. The Morgan fingerprint density at radius 2 is 1.94 bits per heavy atom. The molecule has 0 aliphatic carbocycles. The summed E-state index contributed by atoms with van der Waals surface area (Å²) in [6, 6.07) is 8.31. The van der Waals surface area contributed by atoms with Gasteiger partial charge in [0.1, 0.15) is 10.8 Å². The van der Waals surface area contributed by atoms with Gasteiger partial charge in [-0.15, -0.1) is 0 Å². The summed E-state index contributed by atoms with van der Waals surface area (Å²) in [5.74, 6) is 0.537. The highest BCUT2D eigenvalue weighted by molar-refractivity contribution is 6.33. The van der Waals surface area contributed by atoms with Gasteiger partial charge in [0.25, 0.3) is 0 Å². The maximum Gasteiger partial charge on any atom is 0.141 e. The van der Waals surface area contributed by atoms with E-state index in [2.05, 4.69) is 24.2 Å². The van der Waals surface area contributed by atoms with Crippen LogP contribution >= 0.6 is 11.6 Å². The van der Waals surface area contributed by atoms with Crippen molar-refractivity contribution in [1.82, 2.24) is 9.78 Å². The molecule has 1 heterocycles. The maximum absolute atomic E-state index is 6.03. The van der Waals surface area contributed by atoms with Gasteiger partial charge in [-0.1, -0.05) is 42.8 Å². The molecule has 2 rings (SSSR count). The van der Waals surface area contributed by atoms with E-state index in [4.69, 9.17) is 17.3 Å². The van der Waals surface area contributed by atoms with E-state index < -0.39 is 0 Å².